The highest BCUT2D eigenvalue weighted by Gasteiger charge is 2.14. The van der Waals surface area contributed by atoms with E-state index in [1.165, 1.54) is 0 Å². The normalized spacial score (nSPS) is 10.3. The van der Waals surface area contributed by atoms with Crippen LogP contribution in [0.1, 0.15) is 16.8 Å². The number of carboxylic acid groups (broad SMARTS) is 1. The molecule has 1 aromatic heterocycles. The number of nitrogens with zero attached hydrogens (tertiary/aromatic N) is 1. The van der Waals surface area contributed by atoms with E-state index in [-0.39, 0.29) is 6.42 Å². The number of benzene rings is 1. The molecule has 4 nitrogen and oxygen atoms in total. The van der Waals surface area contributed by atoms with E-state index >= 15 is 0 Å². The van der Waals surface area contributed by atoms with Crippen LogP contribution in [0, 0.1) is 6.92 Å². The van der Waals surface area contributed by atoms with Gasteiger partial charge >= 0.3 is 5.97 Å². The molecule has 2 rings (SSSR count). The van der Waals surface area contributed by atoms with Crippen LogP contribution in [0.5, 0.6) is 5.75 Å². The molecular weight excluding hydrogens is 278 g/mol. The molecule has 2 aromatic rings. The third-order valence-corrected chi connectivity index (χ3v) is 3.02. The van der Waals surface area contributed by atoms with E-state index in [2.05, 4.69) is 4.98 Å². The van der Waals surface area contributed by atoms with E-state index in [9.17, 15) is 4.79 Å². The van der Waals surface area contributed by atoms with Gasteiger partial charge in [0.1, 0.15) is 17.5 Å². The van der Waals surface area contributed by atoms with E-state index < -0.39 is 5.97 Å². The van der Waals surface area contributed by atoms with E-state index in [1.807, 2.05) is 30.3 Å². The predicted octanol–water partition coefficient (Wildman–Crippen LogP) is 3.25. The Balaban J connectivity index is 2.23. The van der Waals surface area contributed by atoms with Crippen molar-refractivity contribution in [3.63, 3.8) is 0 Å². The lowest BCUT2D eigenvalue weighted by Gasteiger charge is -2.13. The number of halogens is 1. The summed E-state index contributed by atoms with van der Waals surface area (Å²) >= 11 is 5.90. The van der Waals surface area contributed by atoms with Gasteiger partial charge in [-0.05, 0) is 12.5 Å². The first-order valence-corrected chi connectivity index (χ1v) is 6.48. The summed E-state index contributed by atoms with van der Waals surface area (Å²) in [6.45, 7) is 2.08. The number of aryl methyl sites for hydroxylation is 1. The highest BCUT2D eigenvalue weighted by atomic mass is 35.5. The molecule has 1 heterocycles. The van der Waals surface area contributed by atoms with Crippen LogP contribution in [0.4, 0.5) is 0 Å². The number of hydrogen-bond acceptors (Lipinski definition) is 3. The van der Waals surface area contributed by atoms with Gasteiger partial charge in [0.25, 0.3) is 0 Å². The Morgan fingerprint density at radius 3 is 2.70 bits per heavy atom. The van der Waals surface area contributed by atoms with Crippen LogP contribution >= 0.6 is 11.6 Å². The molecule has 5 heteroatoms. The van der Waals surface area contributed by atoms with Gasteiger partial charge in [0.2, 0.25) is 0 Å². The molecule has 0 fully saturated rings. The lowest BCUT2D eigenvalue weighted by Crippen LogP contribution is -2.07. The molecule has 1 N–H and O–H groups in total. The molecule has 0 atom stereocenters. The van der Waals surface area contributed by atoms with Gasteiger partial charge in [0.15, 0.2) is 0 Å². The molecule has 0 unspecified atom stereocenters. The number of rotatable bonds is 5. The van der Waals surface area contributed by atoms with Crippen molar-refractivity contribution in [1.29, 1.82) is 0 Å². The first-order valence-electron chi connectivity index (χ1n) is 6.11. The average Bonchev–Trinajstić information content (AvgIpc) is 2.40. The minimum atomic E-state index is -0.929. The summed E-state index contributed by atoms with van der Waals surface area (Å²) in [7, 11) is 0. The molecule has 0 amide bonds. The van der Waals surface area contributed by atoms with Gasteiger partial charge in [-0.2, -0.15) is 0 Å². The van der Waals surface area contributed by atoms with Crippen LogP contribution in [-0.4, -0.2) is 16.1 Å². The summed E-state index contributed by atoms with van der Waals surface area (Å²) < 4.78 is 5.70. The smallest absolute Gasteiger partial charge is 0.308 e. The zero-order valence-electron chi connectivity index (χ0n) is 11.0. The Kier molecular flexibility index (Phi) is 4.58. The maximum atomic E-state index is 10.9. The van der Waals surface area contributed by atoms with Gasteiger partial charge in [-0.3, -0.25) is 4.79 Å². The predicted molar refractivity (Wildman–Crippen MR) is 76.1 cm³/mol. The molecule has 0 aliphatic carbocycles. The van der Waals surface area contributed by atoms with Gasteiger partial charge in [-0.1, -0.05) is 41.9 Å². The maximum absolute atomic E-state index is 10.9. The van der Waals surface area contributed by atoms with Crippen LogP contribution in [-0.2, 0) is 17.8 Å². The monoisotopic (exact) mass is 291 g/mol. The molecule has 20 heavy (non-hydrogen) atoms. The third-order valence-electron chi connectivity index (χ3n) is 2.82. The minimum Gasteiger partial charge on any atom is -0.488 e. The molecule has 0 saturated carbocycles. The highest BCUT2D eigenvalue weighted by molar-refractivity contribution is 6.29. The summed E-state index contributed by atoms with van der Waals surface area (Å²) in [6.07, 6.45) is -0.139. The Hall–Kier alpha value is -2.07. The first kappa shape index (κ1) is 14.3. The van der Waals surface area contributed by atoms with E-state index in [0.717, 1.165) is 5.56 Å². The number of pyridine rings is 1. The number of aromatic nitrogens is 1. The average molecular weight is 292 g/mol. The van der Waals surface area contributed by atoms with Crippen molar-refractivity contribution in [1.82, 2.24) is 4.98 Å². The Morgan fingerprint density at radius 2 is 2.05 bits per heavy atom. The fourth-order valence-electron chi connectivity index (χ4n) is 1.86. The molecule has 0 aliphatic heterocycles. The van der Waals surface area contributed by atoms with Crippen LogP contribution in [0.15, 0.2) is 36.4 Å². The summed E-state index contributed by atoms with van der Waals surface area (Å²) in [6, 6.07) is 11.2. The second-order valence-corrected chi connectivity index (χ2v) is 4.74. The Labute approximate surface area is 122 Å². The number of ether oxygens (including phenoxy) is 1. The van der Waals surface area contributed by atoms with Crippen molar-refractivity contribution in [3.05, 3.63) is 58.4 Å². The topological polar surface area (TPSA) is 59.4 Å². The number of carbonyl (C=O) groups is 1. The number of carboxylic acids is 1. The van der Waals surface area contributed by atoms with Crippen molar-refractivity contribution in [2.45, 2.75) is 20.0 Å². The zero-order chi connectivity index (χ0) is 14.5. The van der Waals surface area contributed by atoms with Crippen LogP contribution in [0.2, 0.25) is 5.15 Å². The van der Waals surface area contributed by atoms with Gasteiger partial charge in [0.05, 0.1) is 6.42 Å². The maximum Gasteiger partial charge on any atom is 0.308 e. The molecule has 0 saturated heterocycles. The van der Waals surface area contributed by atoms with Gasteiger partial charge in [-0.15, -0.1) is 0 Å². The summed E-state index contributed by atoms with van der Waals surface area (Å²) in [5.41, 5.74) is 2.13. The Bertz CT molecular complexity index is 614. The molecule has 104 valence electrons. The highest BCUT2D eigenvalue weighted by Crippen LogP contribution is 2.26. The molecule has 1 aromatic carbocycles. The lowest BCUT2D eigenvalue weighted by atomic mass is 10.1. The Morgan fingerprint density at radius 1 is 1.35 bits per heavy atom. The fraction of sp³-hybridized carbons (Fsp3) is 0.200. The van der Waals surface area contributed by atoms with Crippen LogP contribution < -0.4 is 4.74 Å². The largest absolute Gasteiger partial charge is 0.488 e. The second kappa shape index (κ2) is 6.39. The standard InChI is InChI=1S/C15H14ClNO3/c1-10-12(7-15(18)19)13(8-14(16)17-10)20-9-11-5-3-2-4-6-11/h2-6,8H,7,9H2,1H3,(H,18,19). The number of hydrogen-bond donors (Lipinski definition) is 1. The van der Waals surface area contributed by atoms with Crippen molar-refractivity contribution in [3.8, 4) is 5.75 Å². The van der Waals surface area contributed by atoms with Gasteiger partial charge < -0.3 is 9.84 Å². The van der Waals surface area contributed by atoms with Crippen molar-refractivity contribution in [2.24, 2.45) is 0 Å². The number of aliphatic carboxylic acids is 1. The van der Waals surface area contributed by atoms with Crippen LogP contribution in [0.3, 0.4) is 0 Å². The fourth-order valence-corrected chi connectivity index (χ4v) is 2.09. The summed E-state index contributed by atoms with van der Waals surface area (Å²) in [5, 5.41) is 9.25. The molecule has 0 spiro atoms. The van der Waals surface area contributed by atoms with Gasteiger partial charge in [0, 0.05) is 17.3 Å². The van der Waals surface area contributed by atoms with Crippen LogP contribution in [0.25, 0.3) is 0 Å². The van der Waals surface area contributed by atoms with Crippen molar-refractivity contribution < 1.29 is 14.6 Å². The summed E-state index contributed by atoms with van der Waals surface area (Å²) in [5.74, 6) is -0.462. The molecule has 0 radical (unpaired) electrons. The first-order chi connectivity index (χ1) is 9.56. The van der Waals surface area contributed by atoms with Crippen molar-refractivity contribution in [2.75, 3.05) is 0 Å². The third kappa shape index (κ3) is 3.71. The van der Waals surface area contributed by atoms with Crippen molar-refractivity contribution >= 4 is 17.6 Å². The van der Waals surface area contributed by atoms with E-state index in [0.29, 0.717) is 28.8 Å². The molecule has 0 bridgehead atoms. The lowest BCUT2D eigenvalue weighted by molar-refractivity contribution is -0.136. The molecular formula is C15H14ClNO3. The minimum absolute atomic E-state index is 0.139. The van der Waals surface area contributed by atoms with Gasteiger partial charge in [-0.25, -0.2) is 4.98 Å². The summed E-state index contributed by atoms with van der Waals surface area (Å²) in [4.78, 5) is 15.0. The second-order valence-electron chi connectivity index (χ2n) is 4.35. The quantitative estimate of drug-likeness (QED) is 0.859. The SMILES string of the molecule is Cc1nc(Cl)cc(OCc2ccccc2)c1CC(=O)O. The molecule has 0 aliphatic rings. The van der Waals surface area contributed by atoms with E-state index in [4.69, 9.17) is 21.4 Å². The van der Waals surface area contributed by atoms with E-state index in [1.54, 1.807) is 13.0 Å². The zero-order valence-corrected chi connectivity index (χ0v) is 11.7.